The molecular formula is C9H14O3. The van der Waals surface area contributed by atoms with Gasteiger partial charge in [-0.1, -0.05) is 6.08 Å². The molecule has 1 aliphatic heterocycles. The average molecular weight is 170 g/mol. The van der Waals surface area contributed by atoms with Gasteiger partial charge in [-0.25, -0.2) is 4.79 Å². The van der Waals surface area contributed by atoms with Gasteiger partial charge in [-0.15, -0.1) is 0 Å². The van der Waals surface area contributed by atoms with Gasteiger partial charge < -0.3 is 9.47 Å². The summed E-state index contributed by atoms with van der Waals surface area (Å²) in [5.41, 5.74) is 0. The summed E-state index contributed by atoms with van der Waals surface area (Å²) in [6.45, 7) is 1.68. The van der Waals surface area contributed by atoms with E-state index >= 15 is 0 Å². The Morgan fingerprint density at radius 1 is 1.75 bits per heavy atom. The van der Waals surface area contributed by atoms with Crippen molar-refractivity contribution in [1.29, 1.82) is 0 Å². The van der Waals surface area contributed by atoms with Crippen LogP contribution in [-0.4, -0.2) is 26.3 Å². The minimum Gasteiger partial charge on any atom is -0.466 e. The lowest BCUT2D eigenvalue weighted by Gasteiger charge is -2.00. The molecule has 0 saturated carbocycles. The highest BCUT2D eigenvalue weighted by molar-refractivity contribution is 5.81. The maximum absolute atomic E-state index is 10.6. The number of carbonyl (C=O) groups excluding carboxylic acids is 1. The van der Waals surface area contributed by atoms with E-state index in [-0.39, 0.29) is 5.97 Å². The van der Waals surface area contributed by atoms with Gasteiger partial charge in [0.05, 0.1) is 7.11 Å². The van der Waals surface area contributed by atoms with Gasteiger partial charge in [-0.2, -0.15) is 0 Å². The molecule has 68 valence electrons. The Labute approximate surface area is 72.4 Å². The Bertz CT molecular complexity index is 169. The second kappa shape index (κ2) is 4.93. The molecule has 0 aliphatic carbocycles. The van der Waals surface area contributed by atoms with Crippen molar-refractivity contribution in [2.45, 2.75) is 12.8 Å². The zero-order chi connectivity index (χ0) is 8.81. The van der Waals surface area contributed by atoms with E-state index in [1.54, 1.807) is 0 Å². The van der Waals surface area contributed by atoms with E-state index in [2.05, 4.69) is 4.74 Å². The van der Waals surface area contributed by atoms with Crippen molar-refractivity contribution in [2.24, 2.45) is 5.92 Å². The van der Waals surface area contributed by atoms with Crippen LogP contribution in [0.3, 0.4) is 0 Å². The largest absolute Gasteiger partial charge is 0.466 e. The standard InChI is InChI=1S/C9H14O3/c1-11-9(10)4-2-3-8-5-6-12-7-8/h2,4,8H,3,5-7H2,1H3/b4-2-. The first-order chi connectivity index (χ1) is 5.83. The molecule has 1 saturated heterocycles. The predicted octanol–water partition coefficient (Wildman–Crippen LogP) is 1.14. The first-order valence-corrected chi connectivity index (χ1v) is 4.15. The van der Waals surface area contributed by atoms with Gasteiger partial charge in [0.15, 0.2) is 0 Å². The fourth-order valence-corrected chi connectivity index (χ4v) is 1.19. The third-order valence-corrected chi connectivity index (χ3v) is 1.95. The monoisotopic (exact) mass is 170 g/mol. The minimum absolute atomic E-state index is 0.283. The zero-order valence-electron chi connectivity index (χ0n) is 7.29. The van der Waals surface area contributed by atoms with E-state index in [0.717, 1.165) is 26.1 Å². The second-order valence-corrected chi connectivity index (χ2v) is 2.89. The van der Waals surface area contributed by atoms with E-state index < -0.39 is 0 Å². The van der Waals surface area contributed by atoms with Crippen LogP contribution in [0.1, 0.15) is 12.8 Å². The van der Waals surface area contributed by atoms with E-state index in [1.165, 1.54) is 13.2 Å². The molecule has 3 heteroatoms. The lowest BCUT2D eigenvalue weighted by Crippen LogP contribution is -1.98. The normalized spacial score (nSPS) is 23.2. The molecule has 0 aromatic heterocycles. The highest BCUT2D eigenvalue weighted by atomic mass is 16.5. The Morgan fingerprint density at radius 2 is 2.58 bits per heavy atom. The summed E-state index contributed by atoms with van der Waals surface area (Å²) in [5, 5.41) is 0. The number of ether oxygens (including phenoxy) is 2. The van der Waals surface area contributed by atoms with Gasteiger partial charge in [-0.05, 0) is 18.8 Å². The molecule has 1 atom stereocenters. The first kappa shape index (κ1) is 9.26. The van der Waals surface area contributed by atoms with Crippen molar-refractivity contribution in [2.75, 3.05) is 20.3 Å². The Kier molecular flexibility index (Phi) is 3.80. The fourth-order valence-electron chi connectivity index (χ4n) is 1.19. The number of methoxy groups -OCH3 is 1. The van der Waals surface area contributed by atoms with Crippen LogP contribution in [0.4, 0.5) is 0 Å². The van der Waals surface area contributed by atoms with E-state index in [9.17, 15) is 4.79 Å². The van der Waals surface area contributed by atoms with Crippen LogP contribution >= 0.6 is 0 Å². The summed E-state index contributed by atoms with van der Waals surface area (Å²) in [5.74, 6) is 0.305. The molecule has 1 rings (SSSR count). The Balaban J connectivity index is 2.15. The highest BCUT2D eigenvalue weighted by Gasteiger charge is 2.13. The molecular weight excluding hydrogens is 156 g/mol. The van der Waals surface area contributed by atoms with E-state index in [4.69, 9.17) is 4.74 Å². The molecule has 0 aromatic carbocycles. The number of hydrogen-bond donors (Lipinski definition) is 0. The number of carbonyl (C=O) groups is 1. The van der Waals surface area contributed by atoms with Crippen LogP contribution in [0.15, 0.2) is 12.2 Å². The van der Waals surface area contributed by atoms with Crippen molar-refractivity contribution in [3.05, 3.63) is 12.2 Å². The number of rotatable bonds is 3. The molecule has 1 unspecified atom stereocenters. The SMILES string of the molecule is COC(=O)/C=C\CC1CCOC1. The molecule has 1 fully saturated rings. The van der Waals surface area contributed by atoms with Crippen molar-refractivity contribution >= 4 is 5.97 Å². The summed E-state index contributed by atoms with van der Waals surface area (Å²) in [6, 6.07) is 0. The van der Waals surface area contributed by atoms with E-state index in [1.807, 2.05) is 6.08 Å². The third kappa shape index (κ3) is 3.05. The third-order valence-electron chi connectivity index (χ3n) is 1.95. The van der Waals surface area contributed by atoms with Gasteiger partial charge >= 0.3 is 5.97 Å². The van der Waals surface area contributed by atoms with Crippen molar-refractivity contribution in [3.8, 4) is 0 Å². The fraction of sp³-hybridized carbons (Fsp3) is 0.667. The van der Waals surface area contributed by atoms with Crippen LogP contribution < -0.4 is 0 Å². The lowest BCUT2D eigenvalue weighted by molar-refractivity contribution is -0.134. The van der Waals surface area contributed by atoms with Crippen LogP contribution in [0, 0.1) is 5.92 Å². The molecule has 3 nitrogen and oxygen atoms in total. The summed E-state index contributed by atoms with van der Waals surface area (Å²) in [4.78, 5) is 10.6. The van der Waals surface area contributed by atoms with Gasteiger partial charge in [0.25, 0.3) is 0 Å². The molecule has 0 aromatic rings. The van der Waals surface area contributed by atoms with E-state index in [0.29, 0.717) is 5.92 Å². The van der Waals surface area contributed by atoms with Gasteiger partial charge in [-0.3, -0.25) is 0 Å². The molecule has 12 heavy (non-hydrogen) atoms. The maximum atomic E-state index is 10.6. The lowest BCUT2D eigenvalue weighted by atomic mass is 10.1. The van der Waals surface area contributed by atoms with Crippen molar-refractivity contribution in [3.63, 3.8) is 0 Å². The summed E-state index contributed by atoms with van der Waals surface area (Å²) < 4.78 is 9.65. The quantitative estimate of drug-likeness (QED) is 0.470. The maximum Gasteiger partial charge on any atom is 0.330 e. The molecule has 1 heterocycles. The topological polar surface area (TPSA) is 35.5 Å². The highest BCUT2D eigenvalue weighted by Crippen LogP contribution is 2.16. The average Bonchev–Trinajstić information content (AvgIpc) is 2.57. The van der Waals surface area contributed by atoms with Crippen molar-refractivity contribution < 1.29 is 14.3 Å². The zero-order valence-corrected chi connectivity index (χ0v) is 7.29. The Morgan fingerprint density at radius 3 is 3.17 bits per heavy atom. The predicted molar refractivity (Wildman–Crippen MR) is 44.7 cm³/mol. The first-order valence-electron chi connectivity index (χ1n) is 4.15. The molecule has 0 radical (unpaired) electrons. The molecule has 1 aliphatic rings. The van der Waals surface area contributed by atoms with Crippen LogP contribution in [0.5, 0.6) is 0 Å². The van der Waals surface area contributed by atoms with Gasteiger partial charge in [0.2, 0.25) is 0 Å². The second-order valence-electron chi connectivity index (χ2n) is 2.89. The smallest absolute Gasteiger partial charge is 0.330 e. The van der Waals surface area contributed by atoms with Crippen molar-refractivity contribution in [1.82, 2.24) is 0 Å². The number of hydrogen-bond acceptors (Lipinski definition) is 3. The van der Waals surface area contributed by atoms with Crippen LogP contribution in [0.25, 0.3) is 0 Å². The minimum atomic E-state index is -0.283. The molecule has 0 bridgehead atoms. The van der Waals surface area contributed by atoms with Gasteiger partial charge in [0.1, 0.15) is 0 Å². The number of allylic oxidation sites excluding steroid dienone is 1. The summed E-state index contributed by atoms with van der Waals surface area (Å²) >= 11 is 0. The number of esters is 1. The molecule has 0 spiro atoms. The van der Waals surface area contributed by atoms with Gasteiger partial charge in [0, 0.05) is 19.3 Å². The molecule has 0 amide bonds. The molecule has 0 N–H and O–H groups in total. The summed E-state index contributed by atoms with van der Waals surface area (Å²) in [6.07, 6.45) is 5.34. The Hall–Kier alpha value is -0.830. The summed E-state index contributed by atoms with van der Waals surface area (Å²) in [7, 11) is 1.38. The van der Waals surface area contributed by atoms with Crippen LogP contribution in [-0.2, 0) is 14.3 Å². The van der Waals surface area contributed by atoms with Crippen LogP contribution in [0.2, 0.25) is 0 Å².